The summed E-state index contributed by atoms with van der Waals surface area (Å²) in [5.41, 5.74) is 0. The summed E-state index contributed by atoms with van der Waals surface area (Å²) in [4.78, 5) is 8.47. The molecule has 0 aliphatic rings. The van der Waals surface area contributed by atoms with Gasteiger partial charge in [-0.3, -0.25) is 4.98 Å². The Morgan fingerprint density at radius 2 is 1.89 bits per heavy atom. The van der Waals surface area contributed by atoms with Gasteiger partial charge in [-0.2, -0.15) is 0 Å². The maximum atomic E-state index is 5.36. The molecule has 6 heteroatoms. The van der Waals surface area contributed by atoms with E-state index in [-0.39, 0.29) is 0 Å². The second-order valence-electron chi connectivity index (χ2n) is 3.71. The minimum absolute atomic E-state index is 0.642. The Bertz CT molecular complexity index is 323. The van der Waals surface area contributed by atoms with E-state index >= 15 is 0 Å². The van der Waals surface area contributed by atoms with Crippen LogP contribution in [0.3, 0.4) is 0 Å². The van der Waals surface area contributed by atoms with Crippen molar-refractivity contribution in [1.82, 2.24) is 9.97 Å². The van der Waals surface area contributed by atoms with E-state index in [1.165, 1.54) is 0 Å². The fourth-order valence-corrected chi connectivity index (χ4v) is 1.35. The quantitative estimate of drug-likeness (QED) is 0.615. The Kier molecular flexibility index (Phi) is 7.83. The molecule has 2 N–H and O–H groups in total. The molecular weight excluding hydrogens is 232 g/mol. The predicted molar refractivity (Wildman–Crippen MR) is 72.0 cm³/mol. The molecule has 0 saturated heterocycles. The molecule has 0 aliphatic heterocycles. The smallest absolute Gasteiger partial charge is 0.146 e. The van der Waals surface area contributed by atoms with Gasteiger partial charge in [0.05, 0.1) is 25.6 Å². The van der Waals surface area contributed by atoms with Crippen molar-refractivity contribution in [2.45, 2.75) is 13.3 Å². The van der Waals surface area contributed by atoms with Crippen molar-refractivity contribution in [2.24, 2.45) is 0 Å². The summed E-state index contributed by atoms with van der Waals surface area (Å²) in [6, 6.07) is 0. The zero-order valence-corrected chi connectivity index (χ0v) is 11.1. The standard InChI is InChI=1S/C12H22N4O2/c1-3-14-11-9-13-10-12(16-11)15-5-4-6-18-8-7-17-2/h9-10H,3-8H2,1-2H3,(H2,14,15,16). The van der Waals surface area contributed by atoms with Gasteiger partial charge in [-0.15, -0.1) is 0 Å². The van der Waals surface area contributed by atoms with Crippen molar-refractivity contribution < 1.29 is 9.47 Å². The van der Waals surface area contributed by atoms with E-state index in [1.807, 2.05) is 6.92 Å². The number of rotatable bonds is 10. The lowest BCUT2D eigenvalue weighted by Crippen LogP contribution is -2.10. The van der Waals surface area contributed by atoms with Crippen LogP contribution in [0.5, 0.6) is 0 Å². The summed E-state index contributed by atoms with van der Waals surface area (Å²) in [5, 5.41) is 6.33. The van der Waals surface area contributed by atoms with E-state index in [9.17, 15) is 0 Å². The van der Waals surface area contributed by atoms with Crippen LogP contribution in [-0.4, -0.2) is 50.0 Å². The molecular formula is C12H22N4O2. The Balaban J connectivity index is 2.13. The summed E-state index contributed by atoms with van der Waals surface area (Å²) >= 11 is 0. The average Bonchev–Trinajstić information content (AvgIpc) is 2.39. The molecule has 1 rings (SSSR count). The molecule has 0 amide bonds. The van der Waals surface area contributed by atoms with E-state index < -0.39 is 0 Å². The van der Waals surface area contributed by atoms with Gasteiger partial charge in [0.25, 0.3) is 0 Å². The third-order valence-electron chi connectivity index (χ3n) is 2.20. The van der Waals surface area contributed by atoms with Crippen LogP contribution in [0, 0.1) is 0 Å². The molecule has 1 aromatic heterocycles. The number of ether oxygens (including phenoxy) is 2. The number of anilines is 2. The van der Waals surface area contributed by atoms with Crippen LogP contribution in [-0.2, 0) is 9.47 Å². The van der Waals surface area contributed by atoms with E-state index in [2.05, 4.69) is 20.6 Å². The fraction of sp³-hybridized carbons (Fsp3) is 0.667. The first kappa shape index (κ1) is 14.7. The van der Waals surface area contributed by atoms with Gasteiger partial charge in [-0.05, 0) is 13.3 Å². The highest BCUT2D eigenvalue weighted by atomic mass is 16.5. The summed E-state index contributed by atoms with van der Waals surface area (Å²) in [7, 11) is 1.67. The van der Waals surface area contributed by atoms with Crippen LogP contribution in [0.25, 0.3) is 0 Å². The van der Waals surface area contributed by atoms with E-state index in [1.54, 1.807) is 19.5 Å². The highest BCUT2D eigenvalue weighted by Crippen LogP contribution is 2.05. The maximum absolute atomic E-state index is 5.36. The average molecular weight is 254 g/mol. The van der Waals surface area contributed by atoms with Gasteiger partial charge < -0.3 is 20.1 Å². The lowest BCUT2D eigenvalue weighted by Gasteiger charge is -2.07. The van der Waals surface area contributed by atoms with Crippen LogP contribution in [0.4, 0.5) is 11.6 Å². The Labute approximate surface area is 108 Å². The van der Waals surface area contributed by atoms with Gasteiger partial charge in [-0.25, -0.2) is 4.98 Å². The highest BCUT2D eigenvalue weighted by Gasteiger charge is 1.97. The summed E-state index contributed by atoms with van der Waals surface area (Å²) in [6.07, 6.45) is 4.35. The molecule has 0 atom stereocenters. The number of aromatic nitrogens is 2. The Morgan fingerprint density at radius 3 is 2.61 bits per heavy atom. The van der Waals surface area contributed by atoms with Crippen molar-refractivity contribution in [2.75, 3.05) is 50.7 Å². The molecule has 0 unspecified atom stereocenters. The molecule has 6 nitrogen and oxygen atoms in total. The van der Waals surface area contributed by atoms with E-state index in [0.29, 0.717) is 13.2 Å². The van der Waals surface area contributed by atoms with Gasteiger partial charge >= 0.3 is 0 Å². The molecule has 0 radical (unpaired) electrons. The van der Waals surface area contributed by atoms with Crippen LogP contribution >= 0.6 is 0 Å². The monoisotopic (exact) mass is 254 g/mol. The fourth-order valence-electron chi connectivity index (χ4n) is 1.35. The van der Waals surface area contributed by atoms with Crippen LogP contribution in [0.15, 0.2) is 12.4 Å². The minimum Gasteiger partial charge on any atom is -0.382 e. The molecule has 0 fully saturated rings. The normalized spacial score (nSPS) is 10.3. The van der Waals surface area contributed by atoms with Crippen molar-refractivity contribution in [3.63, 3.8) is 0 Å². The third-order valence-corrected chi connectivity index (χ3v) is 2.20. The lowest BCUT2D eigenvalue weighted by atomic mass is 10.4. The first-order valence-corrected chi connectivity index (χ1v) is 6.23. The van der Waals surface area contributed by atoms with Crippen LogP contribution in [0.2, 0.25) is 0 Å². The van der Waals surface area contributed by atoms with Crippen LogP contribution in [0.1, 0.15) is 13.3 Å². The van der Waals surface area contributed by atoms with Crippen molar-refractivity contribution in [1.29, 1.82) is 0 Å². The maximum Gasteiger partial charge on any atom is 0.146 e. The number of hydrogen-bond acceptors (Lipinski definition) is 6. The van der Waals surface area contributed by atoms with Gasteiger partial charge in [0.1, 0.15) is 11.6 Å². The van der Waals surface area contributed by atoms with Gasteiger partial charge in [-0.1, -0.05) is 0 Å². The summed E-state index contributed by atoms with van der Waals surface area (Å²) in [5.74, 6) is 1.57. The van der Waals surface area contributed by atoms with Gasteiger partial charge in [0, 0.05) is 26.8 Å². The second kappa shape index (κ2) is 9.61. The van der Waals surface area contributed by atoms with Crippen LogP contribution < -0.4 is 10.6 Å². The molecule has 18 heavy (non-hydrogen) atoms. The molecule has 0 spiro atoms. The van der Waals surface area contributed by atoms with Gasteiger partial charge in [0.2, 0.25) is 0 Å². The van der Waals surface area contributed by atoms with E-state index in [0.717, 1.165) is 37.8 Å². The summed E-state index contributed by atoms with van der Waals surface area (Å²) < 4.78 is 10.2. The van der Waals surface area contributed by atoms with Crippen molar-refractivity contribution in [3.05, 3.63) is 12.4 Å². The zero-order valence-electron chi connectivity index (χ0n) is 11.1. The number of nitrogens with zero attached hydrogens (tertiary/aromatic N) is 2. The second-order valence-corrected chi connectivity index (χ2v) is 3.71. The number of nitrogens with one attached hydrogen (secondary N) is 2. The number of methoxy groups -OCH3 is 1. The lowest BCUT2D eigenvalue weighted by molar-refractivity contribution is 0.0705. The van der Waals surface area contributed by atoms with E-state index in [4.69, 9.17) is 9.47 Å². The minimum atomic E-state index is 0.642. The first-order chi connectivity index (χ1) is 8.86. The molecule has 0 aliphatic carbocycles. The third kappa shape index (κ3) is 6.36. The SMILES string of the molecule is CCNc1cncc(NCCCOCCOC)n1. The molecule has 1 heterocycles. The molecule has 1 aromatic rings. The highest BCUT2D eigenvalue weighted by molar-refractivity contribution is 5.41. The predicted octanol–water partition coefficient (Wildman–Crippen LogP) is 1.37. The topological polar surface area (TPSA) is 68.3 Å². The van der Waals surface area contributed by atoms with Crippen molar-refractivity contribution >= 4 is 11.6 Å². The molecule has 0 aromatic carbocycles. The first-order valence-electron chi connectivity index (χ1n) is 6.23. The number of hydrogen-bond donors (Lipinski definition) is 2. The molecule has 102 valence electrons. The Morgan fingerprint density at radius 1 is 1.11 bits per heavy atom. The zero-order chi connectivity index (χ0) is 13.1. The van der Waals surface area contributed by atoms with Crippen molar-refractivity contribution in [3.8, 4) is 0 Å². The Hall–Kier alpha value is -1.40. The summed E-state index contributed by atoms with van der Waals surface area (Å²) in [6.45, 7) is 5.69. The molecule has 0 bridgehead atoms. The largest absolute Gasteiger partial charge is 0.382 e. The molecule has 0 saturated carbocycles. The van der Waals surface area contributed by atoms with Gasteiger partial charge in [0.15, 0.2) is 0 Å².